The highest BCUT2D eigenvalue weighted by molar-refractivity contribution is 5.98. The summed E-state index contributed by atoms with van der Waals surface area (Å²) in [5.74, 6) is -0.639. The van der Waals surface area contributed by atoms with Crippen LogP contribution < -0.4 is 9.47 Å². The fourth-order valence-electron chi connectivity index (χ4n) is 3.02. The first-order chi connectivity index (χ1) is 13.8. The molecule has 150 valence electrons. The van der Waals surface area contributed by atoms with Crippen LogP contribution >= 0.6 is 0 Å². The summed E-state index contributed by atoms with van der Waals surface area (Å²) in [7, 11) is 1.44. The van der Waals surface area contributed by atoms with Crippen LogP contribution in [-0.2, 0) is 9.53 Å². The number of hydrogen-bond donors (Lipinski definition) is 0. The van der Waals surface area contributed by atoms with Crippen LogP contribution in [0.25, 0.3) is 6.08 Å². The maximum atomic E-state index is 12.7. The van der Waals surface area contributed by atoms with Crippen molar-refractivity contribution in [2.45, 2.75) is 27.7 Å². The second kappa shape index (κ2) is 9.56. The van der Waals surface area contributed by atoms with Crippen LogP contribution in [0.15, 0.2) is 35.9 Å². The maximum Gasteiger partial charge on any atom is 0.348 e. The molecular weight excluding hydrogens is 370 g/mol. The number of nitrogens with zero attached hydrogens (tertiary/aromatic N) is 1. The Balaban J connectivity index is 2.33. The average molecular weight is 393 g/mol. The van der Waals surface area contributed by atoms with E-state index in [1.54, 1.807) is 25.1 Å². The molecule has 0 aromatic heterocycles. The predicted octanol–water partition coefficient (Wildman–Crippen LogP) is 4.31. The van der Waals surface area contributed by atoms with E-state index in [0.717, 1.165) is 16.7 Å². The molecule has 0 N–H and O–H groups in total. The third-order valence-corrected chi connectivity index (χ3v) is 4.20. The van der Waals surface area contributed by atoms with E-state index in [2.05, 4.69) is 0 Å². The maximum absolute atomic E-state index is 12.7. The van der Waals surface area contributed by atoms with Crippen molar-refractivity contribution < 1.29 is 23.8 Å². The van der Waals surface area contributed by atoms with Crippen molar-refractivity contribution in [1.29, 1.82) is 5.26 Å². The number of methoxy groups -OCH3 is 1. The van der Waals surface area contributed by atoms with Gasteiger partial charge >= 0.3 is 11.9 Å². The topological polar surface area (TPSA) is 85.6 Å². The molecule has 29 heavy (non-hydrogen) atoms. The lowest BCUT2D eigenvalue weighted by Crippen LogP contribution is -2.13. The Labute approximate surface area is 170 Å². The van der Waals surface area contributed by atoms with E-state index in [-0.39, 0.29) is 17.9 Å². The zero-order valence-electron chi connectivity index (χ0n) is 17.2. The molecule has 0 aliphatic heterocycles. The summed E-state index contributed by atoms with van der Waals surface area (Å²) >= 11 is 0. The van der Waals surface area contributed by atoms with Crippen molar-refractivity contribution >= 4 is 18.0 Å². The molecule has 2 aromatic carbocycles. The van der Waals surface area contributed by atoms with E-state index in [1.165, 1.54) is 13.2 Å². The summed E-state index contributed by atoms with van der Waals surface area (Å²) < 4.78 is 15.7. The standard InChI is InChI=1S/C23H23NO5/c1-6-28-22(25)18(13-24)11-17-7-8-19(20(12-17)27-5)29-23(26)21-15(3)9-14(2)10-16(21)4/h7-12H,6H2,1-5H3/b18-11+. The Morgan fingerprint density at radius 2 is 1.72 bits per heavy atom. The summed E-state index contributed by atoms with van der Waals surface area (Å²) in [6, 6.07) is 10.4. The zero-order valence-corrected chi connectivity index (χ0v) is 17.2. The molecule has 0 spiro atoms. The van der Waals surface area contributed by atoms with Gasteiger partial charge in [0.1, 0.15) is 11.6 Å². The van der Waals surface area contributed by atoms with E-state index in [4.69, 9.17) is 19.5 Å². The minimum atomic E-state index is -0.699. The van der Waals surface area contributed by atoms with E-state index >= 15 is 0 Å². The molecule has 0 atom stereocenters. The number of rotatable bonds is 6. The molecule has 0 saturated carbocycles. The number of benzene rings is 2. The first kappa shape index (κ1) is 21.7. The minimum Gasteiger partial charge on any atom is -0.493 e. The first-order valence-corrected chi connectivity index (χ1v) is 9.07. The Bertz CT molecular complexity index is 991. The number of carbonyl (C=O) groups is 2. The zero-order chi connectivity index (χ0) is 21.6. The summed E-state index contributed by atoms with van der Waals surface area (Å²) in [6.07, 6.45) is 1.39. The van der Waals surface area contributed by atoms with Crippen LogP contribution in [0, 0.1) is 32.1 Å². The fourth-order valence-corrected chi connectivity index (χ4v) is 3.02. The molecule has 0 bridgehead atoms. The highest BCUT2D eigenvalue weighted by Crippen LogP contribution is 2.30. The fraction of sp³-hybridized carbons (Fsp3) is 0.261. The smallest absolute Gasteiger partial charge is 0.348 e. The monoisotopic (exact) mass is 393 g/mol. The third kappa shape index (κ3) is 5.23. The van der Waals surface area contributed by atoms with Crippen molar-refractivity contribution in [1.82, 2.24) is 0 Å². The van der Waals surface area contributed by atoms with E-state index in [0.29, 0.717) is 16.9 Å². The van der Waals surface area contributed by atoms with Crippen LogP contribution in [0.3, 0.4) is 0 Å². The van der Waals surface area contributed by atoms with Gasteiger partial charge < -0.3 is 14.2 Å². The summed E-state index contributed by atoms with van der Waals surface area (Å²) in [5.41, 5.74) is 3.65. The van der Waals surface area contributed by atoms with Gasteiger partial charge in [-0.05, 0) is 62.6 Å². The van der Waals surface area contributed by atoms with Gasteiger partial charge in [-0.15, -0.1) is 0 Å². The summed E-state index contributed by atoms with van der Waals surface area (Å²) in [6.45, 7) is 7.53. The molecule has 0 amide bonds. The number of ether oxygens (including phenoxy) is 3. The average Bonchev–Trinajstić information content (AvgIpc) is 2.66. The molecule has 0 fully saturated rings. The Morgan fingerprint density at radius 3 is 2.28 bits per heavy atom. The highest BCUT2D eigenvalue weighted by atomic mass is 16.6. The lowest BCUT2D eigenvalue weighted by atomic mass is 10.00. The van der Waals surface area contributed by atoms with Gasteiger partial charge in [0.15, 0.2) is 11.5 Å². The summed E-state index contributed by atoms with van der Waals surface area (Å²) in [4.78, 5) is 24.5. The van der Waals surface area contributed by atoms with Gasteiger partial charge in [-0.3, -0.25) is 0 Å². The normalized spacial score (nSPS) is 10.8. The van der Waals surface area contributed by atoms with Crippen molar-refractivity contribution in [3.05, 3.63) is 63.7 Å². The van der Waals surface area contributed by atoms with Crippen molar-refractivity contribution in [3.8, 4) is 17.6 Å². The van der Waals surface area contributed by atoms with Gasteiger partial charge in [-0.2, -0.15) is 5.26 Å². The second-order valence-electron chi connectivity index (χ2n) is 6.46. The molecule has 6 heteroatoms. The Hall–Kier alpha value is -3.59. The van der Waals surface area contributed by atoms with Gasteiger partial charge in [0.05, 0.1) is 19.3 Å². The quantitative estimate of drug-likeness (QED) is 0.315. The van der Waals surface area contributed by atoms with Crippen LogP contribution in [0.2, 0.25) is 0 Å². The molecule has 2 aromatic rings. The van der Waals surface area contributed by atoms with Gasteiger partial charge in [-0.1, -0.05) is 23.8 Å². The lowest BCUT2D eigenvalue weighted by Gasteiger charge is -2.13. The molecule has 0 aliphatic rings. The largest absolute Gasteiger partial charge is 0.493 e. The molecule has 0 aliphatic carbocycles. The Morgan fingerprint density at radius 1 is 1.07 bits per heavy atom. The molecule has 0 radical (unpaired) electrons. The molecular formula is C23H23NO5. The SMILES string of the molecule is CCOC(=O)/C(C#N)=C/c1ccc(OC(=O)c2c(C)cc(C)cc2C)c(OC)c1. The second-order valence-corrected chi connectivity index (χ2v) is 6.46. The van der Waals surface area contributed by atoms with Crippen molar-refractivity contribution in [2.75, 3.05) is 13.7 Å². The molecule has 2 rings (SSSR count). The van der Waals surface area contributed by atoms with Crippen molar-refractivity contribution in [3.63, 3.8) is 0 Å². The van der Waals surface area contributed by atoms with Gasteiger partial charge in [-0.25, -0.2) is 9.59 Å². The number of carbonyl (C=O) groups excluding carboxylic acids is 2. The predicted molar refractivity (Wildman–Crippen MR) is 109 cm³/mol. The van der Waals surface area contributed by atoms with Gasteiger partial charge in [0.25, 0.3) is 0 Å². The number of esters is 2. The van der Waals surface area contributed by atoms with Crippen molar-refractivity contribution in [2.24, 2.45) is 0 Å². The van der Waals surface area contributed by atoms with E-state index in [1.807, 2.05) is 39.0 Å². The van der Waals surface area contributed by atoms with E-state index in [9.17, 15) is 9.59 Å². The minimum absolute atomic E-state index is 0.135. The number of aryl methyl sites for hydroxylation is 3. The summed E-state index contributed by atoms with van der Waals surface area (Å²) in [5, 5.41) is 9.16. The third-order valence-electron chi connectivity index (χ3n) is 4.20. The van der Waals surface area contributed by atoms with Crippen LogP contribution in [0.5, 0.6) is 11.5 Å². The molecule has 0 saturated heterocycles. The molecule has 0 heterocycles. The number of nitriles is 1. The highest BCUT2D eigenvalue weighted by Gasteiger charge is 2.18. The molecule has 6 nitrogen and oxygen atoms in total. The Kier molecular flexibility index (Phi) is 7.15. The first-order valence-electron chi connectivity index (χ1n) is 9.07. The van der Waals surface area contributed by atoms with Gasteiger partial charge in [0.2, 0.25) is 0 Å². The van der Waals surface area contributed by atoms with E-state index < -0.39 is 11.9 Å². The van der Waals surface area contributed by atoms with Crippen LogP contribution in [0.4, 0.5) is 0 Å². The van der Waals surface area contributed by atoms with Gasteiger partial charge in [0, 0.05) is 0 Å². The van der Waals surface area contributed by atoms with Crippen LogP contribution in [0.1, 0.15) is 39.5 Å². The van der Waals surface area contributed by atoms with Crippen LogP contribution in [-0.4, -0.2) is 25.7 Å². The number of hydrogen-bond acceptors (Lipinski definition) is 6. The lowest BCUT2D eigenvalue weighted by molar-refractivity contribution is -0.137. The molecule has 0 unspecified atom stereocenters.